The monoisotopic (exact) mass is 290 g/mol. The molecule has 0 aliphatic heterocycles. The van der Waals surface area contributed by atoms with Gasteiger partial charge in [0.1, 0.15) is 5.82 Å². The molecular weight excluding hydrogens is 276 g/mol. The lowest BCUT2D eigenvalue weighted by atomic mass is 10.2. The van der Waals surface area contributed by atoms with Crippen molar-refractivity contribution in [2.75, 3.05) is 11.9 Å². The minimum atomic E-state index is 0.955. The van der Waals surface area contributed by atoms with Gasteiger partial charge in [-0.05, 0) is 59.6 Å². The highest BCUT2D eigenvalue weighted by Gasteiger charge is 2.06. The van der Waals surface area contributed by atoms with Crippen molar-refractivity contribution in [2.24, 2.45) is 0 Å². The second-order valence-corrected chi connectivity index (χ2v) is 4.99. The number of anilines is 2. The van der Waals surface area contributed by atoms with Gasteiger partial charge in [0.15, 0.2) is 0 Å². The SMILES string of the molecule is Cc1cccc(N(C)c2ccc(Br)c(C)n2)c1. The van der Waals surface area contributed by atoms with Gasteiger partial charge in [0.25, 0.3) is 0 Å². The van der Waals surface area contributed by atoms with Gasteiger partial charge in [-0.1, -0.05) is 12.1 Å². The summed E-state index contributed by atoms with van der Waals surface area (Å²) >= 11 is 3.47. The molecule has 0 saturated carbocycles. The van der Waals surface area contributed by atoms with Gasteiger partial charge >= 0.3 is 0 Å². The maximum Gasteiger partial charge on any atom is 0.133 e. The fourth-order valence-electron chi connectivity index (χ4n) is 1.69. The molecule has 1 aromatic carbocycles. The van der Waals surface area contributed by atoms with E-state index in [2.05, 4.69) is 57.0 Å². The lowest BCUT2D eigenvalue weighted by molar-refractivity contribution is 1.08. The van der Waals surface area contributed by atoms with Crippen LogP contribution < -0.4 is 4.90 Å². The van der Waals surface area contributed by atoms with Gasteiger partial charge in [-0.3, -0.25) is 0 Å². The molecule has 0 saturated heterocycles. The van der Waals surface area contributed by atoms with Crippen molar-refractivity contribution in [3.63, 3.8) is 0 Å². The molecule has 0 atom stereocenters. The first-order chi connectivity index (χ1) is 8.08. The Hall–Kier alpha value is -1.35. The maximum absolute atomic E-state index is 4.56. The van der Waals surface area contributed by atoms with Crippen molar-refractivity contribution in [2.45, 2.75) is 13.8 Å². The van der Waals surface area contributed by atoms with Crippen LogP contribution in [0, 0.1) is 13.8 Å². The van der Waals surface area contributed by atoms with Crippen LogP contribution in [0.5, 0.6) is 0 Å². The molecule has 0 N–H and O–H groups in total. The van der Waals surface area contributed by atoms with E-state index in [1.54, 1.807) is 0 Å². The van der Waals surface area contributed by atoms with Gasteiger partial charge in [-0.25, -0.2) is 4.98 Å². The van der Waals surface area contributed by atoms with Crippen LogP contribution in [-0.4, -0.2) is 12.0 Å². The van der Waals surface area contributed by atoms with Crippen LogP contribution in [0.4, 0.5) is 11.5 Å². The molecular formula is C14H15BrN2. The van der Waals surface area contributed by atoms with Crippen LogP contribution in [0.15, 0.2) is 40.9 Å². The van der Waals surface area contributed by atoms with Crippen molar-refractivity contribution >= 4 is 27.4 Å². The maximum atomic E-state index is 4.56. The summed E-state index contributed by atoms with van der Waals surface area (Å²) < 4.78 is 1.04. The Bertz CT molecular complexity index is 537. The van der Waals surface area contributed by atoms with Gasteiger partial charge in [-0.15, -0.1) is 0 Å². The number of rotatable bonds is 2. The number of benzene rings is 1. The van der Waals surface area contributed by atoms with E-state index in [4.69, 9.17) is 0 Å². The minimum absolute atomic E-state index is 0.955. The molecule has 0 bridgehead atoms. The molecule has 2 nitrogen and oxygen atoms in total. The zero-order valence-electron chi connectivity index (χ0n) is 10.2. The lowest BCUT2D eigenvalue weighted by Gasteiger charge is -2.19. The summed E-state index contributed by atoms with van der Waals surface area (Å²) in [5.74, 6) is 0.955. The number of aryl methyl sites for hydroxylation is 2. The average molecular weight is 291 g/mol. The summed E-state index contributed by atoms with van der Waals surface area (Å²) in [6.45, 7) is 4.09. The van der Waals surface area contributed by atoms with Gasteiger partial charge in [0, 0.05) is 17.2 Å². The second kappa shape index (κ2) is 4.88. The van der Waals surface area contributed by atoms with Gasteiger partial charge in [0.2, 0.25) is 0 Å². The molecule has 0 radical (unpaired) electrons. The molecule has 0 unspecified atom stereocenters. The quantitative estimate of drug-likeness (QED) is 0.823. The Morgan fingerprint density at radius 1 is 1.12 bits per heavy atom. The van der Waals surface area contributed by atoms with Crippen LogP contribution in [0.2, 0.25) is 0 Å². The standard InChI is InChI=1S/C14H15BrN2/c1-10-5-4-6-12(9-10)17(3)14-8-7-13(15)11(2)16-14/h4-9H,1-3H3. The van der Waals surface area contributed by atoms with Crippen molar-refractivity contribution in [1.82, 2.24) is 4.98 Å². The highest BCUT2D eigenvalue weighted by Crippen LogP contribution is 2.24. The van der Waals surface area contributed by atoms with E-state index in [0.717, 1.165) is 21.7 Å². The highest BCUT2D eigenvalue weighted by atomic mass is 79.9. The van der Waals surface area contributed by atoms with Crippen molar-refractivity contribution in [3.8, 4) is 0 Å². The second-order valence-electron chi connectivity index (χ2n) is 4.13. The number of hydrogen-bond donors (Lipinski definition) is 0. The Labute approximate surface area is 110 Å². The fraction of sp³-hybridized carbons (Fsp3) is 0.214. The van der Waals surface area contributed by atoms with Gasteiger partial charge in [0.05, 0.1) is 5.69 Å². The Balaban J connectivity index is 2.36. The third-order valence-corrected chi connectivity index (χ3v) is 3.58. The van der Waals surface area contributed by atoms with Crippen LogP contribution in [0.1, 0.15) is 11.3 Å². The Kier molecular flexibility index (Phi) is 3.48. The normalized spacial score (nSPS) is 10.4. The van der Waals surface area contributed by atoms with E-state index < -0.39 is 0 Å². The van der Waals surface area contributed by atoms with Crippen LogP contribution in [0.3, 0.4) is 0 Å². The van der Waals surface area contributed by atoms with Crippen LogP contribution in [-0.2, 0) is 0 Å². The zero-order valence-corrected chi connectivity index (χ0v) is 11.8. The summed E-state index contributed by atoms with van der Waals surface area (Å²) in [7, 11) is 2.03. The smallest absolute Gasteiger partial charge is 0.133 e. The molecule has 2 aromatic rings. The third kappa shape index (κ3) is 2.67. The Morgan fingerprint density at radius 3 is 2.53 bits per heavy atom. The topological polar surface area (TPSA) is 16.1 Å². The highest BCUT2D eigenvalue weighted by molar-refractivity contribution is 9.10. The van der Waals surface area contributed by atoms with E-state index in [1.807, 2.05) is 26.1 Å². The minimum Gasteiger partial charge on any atom is -0.329 e. The fourth-order valence-corrected chi connectivity index (χ4v) is 1.91. The molecule has 0 spiro atoms. The summed E-state index contributed by atoms with van der Waals surface area (Å²) in [4.78, 5) is 6.65. The lowest BCUT2D eigenvalue weighted by Crippen LogP contribution is -2.11. The zero-order chi connectivity index (χ0) is 12.4. The largest absolute Gasteiger partial charge is 0.329 e. The van der Waals surface area contributed by atoms with E-state index in [1.165, 1.54) is 5.56 Å². The number of aromatic nitrogens is 1. The molecule has 17 heavy (non-hydrogen) atoms. The summed E-state index contributed by atoms with van der Waals surface area (Å²) in [6.07, 6.45) is 0. The first-order valence-corrected chi connectivity index (χ1v) is 6.31. The van der Waals surface area contributed by atoms with Crippen LogP contribution >= 0.6 is 15.9 Å². The summed E-state index contributed by atoms with van der Waals surface area (Å²) in [5, 5.41) is 0. The molecule has 0 fully saturated rings. The predicted molar refractivity (Wildman–Crippen MR) is 75.9 cm³/mol. The molecule has 2 rings (SSSR count). The molecule has 0 amide bonds. The van der Waals surface area contributed by atoms with E-state index in [-0.39, 0.29) is 0 Å². The molecule has 1 aromatic heterocycles. The van der Waals surface area contributed by atoms with Crippen molar-refractivity contribution in [3.05, 3.63) is 52.1 Å². The first-order valence-electron chi connectivity index (χ1n) is 5.51. The number of halogens is 1. The number of hydrogen-bond acceptors (Lipinski definition) is 2. The van der Waals surface area contributed by atoms with Crippen LogP contribution in [0.25, 0.3) is 0 Å². The molecule has 1 heterocycles. The third-order valence-electron chi connectivity index (χ3n) is 2.74. The molecule has 0 aliphatic rings. The predicted octanol–water partition coefficient (Wildman–Crippen LogP) is 4.23. The first kappa shape index (κ1) is 12.1. The van der Waals surface area contributed by atoms with Gasteiger partial charge < -0.3 is 4.90 Å². The molecule has 3 heteroatoms. The molecule has 88 valence electrons. The van der Waals surface area contributed by atoms with E-state index >= 15 is 0 Å². The van der Waals surface area contributed by atoms with Crippen molar-refractivity contribution in [1.29, 1.82) is 0 Å². The Morgan fingerprint density at radius 2 is 1.88 bits per heavy atom. The average Bonchev–Trinajstić information content (AvgIpc) is 2.32. The summed E-state index contributed by atoms with van der Waals surface area (Å²) in [5.41, 5.74) is 3.41. The number of nitrogens with zero attached hydrogens (tertiary/aromatic N) is 2. The molecule has 0 aliphatic carbocycles. The van der Waals surface area contributed by atoms with E-state index in [9.17, 15) is 0 Å². The van der Waals surface area contributed by atoms with Crippen molar-refractivity contribution < 1.29 is 0 Å². The van der Waals surface area contributed by atoms with Gasteiger partial charge in [-0.2, -0.15) is 0 Å². The van der Waals surface area contributed by atoms with E-state index in [0.29, 0.717) is 0 Å². The summed E-state index contributed by atoms with van der Waals surface area (Å²) in [6, 6.07) is 12.4. The number of pyridine rings is 1.